The van der Waals surface area contributed by atoms with Crippen LogP contribution in [0.25, 0.3) is 0 Å². The van der Waals surface area contributed by atoms with Gasteiger partial charge in [0.05, 0.1) is 11.7 Å². The highest BCUT2D eigenvalue weighted by Crippen LogP contribution is 2.32. The molecule has 0 bridgehead atoms. The molecule has 5 nitrogen and oxygen atoms in total. The molecule has 0 radical (unpaired) electrons. The van der Waals surface area contributed by atoms with Crippen LogP contribution in [-0.4, -0.2) is 32.7 Å². The molecule has 1 aliphatic rings. The van der Waals surface area contributed by atoms with Gasteiger partial charge in [-0.05, 0) is 31.6 Å². The summed E-state index contributed by atoms with van der Waals surface area (Å²) in [5.74, 6) is 0.966. The lowest BCUT2D eigenvalue weighted by Gasteiger charge is -2.38. The molecule has 1 amide bonds. The minimum atomic E-state index is -0.274. The molecule has 1 aliphatic carbocycles. The first-order chi connectivity index (χ1) is 8.15. The molecule has 2 rings (SSSR count). The van der Waals surface area contributed by atoms with Gasteiger partial charge >= 0.3 is 0 Å². The van der Waals surface area contributed by atoms with Crippen LogP contribution in [0.15, 0.2) is 6.20 Å². The zero-order chi connectivity index (χ0) is 12.3. The van der Waals surface area contributed by atoms with Crippen molar-refractivity contribution in [2.24, 2.45) is 5.92 Å². The van der Waals surface area contributed by atoms with E-state index in [9.17, 15) is 4.79 Å². The van der Waals surface area contributed by atoms with Crippen molar-refractivity contribution in [3.63, 3.8) is 0 Å². The first-order valence-corrected chi connectivity index (χ1v) is 6.43. The van der Waals surface area contributed by atoms with Crippen LogP contribution in [-0.2, 0) is 0 Å². The molecule has 1 saturated carbocycles. The van der Waals surface area contributed by atoms with E-state index >= 15 is 0 Å². The zero-order valence-electron chi connectivity index (χ0n) is 9.87. The van der Waals surface area contributed by atoms with E-state index in [1.165, 1.54) is 6.20 Å². The molecule has 0 saturated heterocycles. The van der Waals surface area contributed by atoms with Crippen LogP contribution >= 0.6 is 11.6 Å². The second kappa shape index (κ2) is 5.04. The standard InChI is InChI=1S/C11H17ClN4O/c1-8-2-4-11(7-12,5-3-8)14-10(17)9-6-13-16-15-9/h6,8H,2-5,7H2,1H3,(H,14,17)(H,13,15,16). The number of alkyl halides is 1. The normalized spacial score (nSPS) is 28.9. The molecule has 94 valence electrons. The van der Waals surface area contributed by atoms with Crippen LogP contribution in [0.1, 0.15) is 43.1 Å². The number of rotatable bonds is 3. The number of hydrogen-bond donors (Lipinski definition) is 2. The fraction of sp³-hybridized carbons (Fsp3) is 0.727. The number of hydrogen-bond acceptors (Lipinski definition) is 3. The Balaban J connectivity index is 2.02. The highest BCUT2D eigenvalue weighted by molar-refractivity contribution is 6.18. The Bertz CT molecular complexity index is 371. The van der Waals surface area contributed by atoms with Gasteiger partial charge in [-0.25, -0.2) is 0 Å². The fourth-order valence-electron chi connectivity index (χ4n) is 2.22. The van der Waals surface area contributed by atoms with Crippen molar-refractivity contribution in [1.29, 1.82) is 0 Å². The molecule has 0 aromatic carbocycles. The number of amides is 1. The van der Waals surface area contributed by atoms with Crippen molar-refractivity contribution in [2.45, 2.75) is 38.1 Å². The van der Waals surface area contributed by atoms with Crippen molar-refractivity contribution in [2.75, 3.05) is 5.88 Å². The van der Waals surface area contributed by atoms with Crippen molar-refractivity contribution < 1.29 is 4.79 Å². The maximum atomic E-state index is 11.9. The van der Waals surface area contributed by atoms with Crippen LogP contribution in [0.3, 0.4) is 0 Å². The highest BCUT2D eigenvalue weighted by Gasteiger charge is 2.35. The second-order valence-electron chi connectivity index (χ2n) is 4.91. The maximum Gasteiger partial charge on any atom is 0.273 e. The van der Waals surface area contributed by atoms with E-state index in [-0.39, 0.29) is 11.4 Å². The zero-order valence-corrected chi connectivity index (χ0v) is 10.6. The van der Waals surface area contributed by atoms with Crippen LogP contribution in [0, 0.1) is 5.92 Å². The van der Waals surface area contributed by atoms with E-state index in [4.69, 9.17) is 11.6 Å². The van der Waals surface area contributed by atoms with E-state index in [0.717, 1.165) is 31.6 Å². The average Bonchev–Trinajstić information content (AvgIpc) is 2.86. The molecule has 0 atom stereocenters. The topological polar surface area (TPSA) is 70.7 Å². The third-order valence-electron chi connectivity index (χ3n) is 3.51. The monoisotopic (exact) mass is 256 g/mol. The minimum Gasteiger partial charge on any atom is -0.344 e. The van der Waals surface area contributed by atoms with Gasteiger partial charge in [-0.1, -0.05) is 6.92 Å². The van der Waals surface area contributed by atoms with Gasteiger partial charge in [0.25, 0.3) is 5.91 Å². The highest BCUT2D eigenvalue weighted by atomic mass is 35.5. The maximum absolute atomic E-state index is 11.9. The summed E-state index contributed by atoms with van der Waals surface area (Å²) in [6.45, 7) is 2.23. The summed E-state index contributed by atoms with van der Waals surface area (Å²) in [4.78, 5) is 11.9. The van der Waals surface area contributed by atoms with Crippen LogP contribution < -0.4 is 5.32 Å². The van der Waals surface area contributed by atoms with Gasteiger partial charge < -0.3 is 5.32 Å². The third-order valence-corrected chi connectivity index (χ3v) is 4.03. The summed E-state index contributed by atoms with van der Waals surface area (Å²) in [6.07, 6.45) is 5.49. The number of H-pyrrole nitrogens is 1. The van der Waals surface area contributed by atoms with E-state index in [2.05, 4.69) is 27.7 Å². The number of aromatic amines is 1. The van der Waals surface area contributed by atoms with Crippen molar-refractivity contribution in [3.05, 3.63) is 11.9 Å². The van der Waals surface area contributed by atoms with Gasteiger partial charge in [0.2, 0.25) is 0 Å². The first kappa shape index (κ1) is 12.4. The minimum absolute atomic E-state index is 0.200. The first-order valence-electron chi connectivity index (χ1n) is 5.89. The summed E-state index contributed by atoms with van der Waals surface area (Å²) in [7, 11) is 0. The average molecular weight is 257 g/mol. The summed E-state index contributed by atoms with van der Waals surface area (Å²) in [6, 6.07) is 0. The number of nitrogens with zero attached hydrogens (tertiary/aromatic N) is 2. The Morgan fingerprint density at radius 2 is 2.35 bits per heavy atom. The molecule has 2 N–H and O–H groups in total. The van der Waals surface area contributed by atoms with Crippen molar-refractivity contribution >= 4 is 17.5 Å². The summed E-state index contributed by atoms with van der Waals surface area (Å²) >= 11 is 6.03. The number of aromatic nitrogens is 3. The van der Waals surface area contributed by atoms with Gasteiger partial charge in [-0.15, -0.1) is 11.6 Å². The Morgan fingerprint density at radius 1 is 1.65 bits per heavy atom. The summed E-state index contributed by atoms with van der Waals surface area (Å²) in [5.41, 5.74) is 0.0394. The summed E-state index contributed by atoms with van der Waals surface area (Å²) < 4.78 is 0. The lowest BCUT2D eigenvalue weighted by Crippen LogP contribution is -2.52. The van der Waals surface area contributed by atoms with Crippen LogP contribution in [0.4, 0.5) is 0 Å². The summed E-state index contributed by atoms with van der Waals surface area (Å²) in [5, 5.41) is 12.8. The van der Waals surface area contributed by atoms with Crippen LogP contribution in [0.2, 0.25) is 0 Å². The van der Waals surface area contributed by atoms with E-state index in [1.54, 1.807) is 0 Å². The number of carbonyl (C=O) groups excluding carboxylic acids is 1. The largest absolute Gasteiger partial charge is 0.344 e. The molecule has 0 aliphatic heterocycles. The SMILES string of the molecule is CC1CCC(CCl)(NC(=O)c2cn[nH]n2)CC1. The molecule has 17 heavy (non-hydrogen) atoms. The lowest BCUT2D eigenvalue weighted by molar-refractivity contribution is 0.0867. The smallest absolute Gasteiger partial charge is 0.273 e. The molecule has 6 heteroatoms. The van der Waals surface area contributed by atoms with Gasteiger partial charge in [-0.3, -0.25) is 4.79 Å². The van der Waals surface area contributed by atoms with Crippen molar-refractivity contribution in [3.8, 4) is 0 Å². The predicted octanol–water partition coefficient (Wildman–Crippen LogP) is 1.72. The van der Waals surface area contributed by atoms with Crippen molar-refractivity contribution in [1.82, 2.24) is 20.7 Å². The molecule has 0 unspecified atom stereocenters. The molecule has 1 aromatic heterocycles. The number of carbonyl (C=O) groups is 1. The van der Waals surface area contributed by atoms with E-state index in [0.29, 0.717) is 11.6 Å². The molecule has 1 heterocycles. The van der Waals surface area contributed by atoms with E-state index < -0.39 is 0 Å². The van der Waals surface area contributed by atoms with E-state index in [1.807, 2.05) is 0 Å². The van der Waals surface area contributed by atoms with Gasteiger partial charge in [0.15, 0.2) is 5.69 Å². The Hall–Kier alpha value is -1.10. The molecule has 0 spiro atoms. The third kappa shape index (κ3) is 2.77. The molecular weight excluding hydrogens is 240 g/mol. The Kier molecular flexibility index (Phi) is 3.66. The quantitative estimate of drug-likeness (QED) is 0.809. The number of nitrogens with one attached hydrogen (secondary N) is 2. The van der Waals surface area contributed by atoms with Gasteiger partial charge in [0.1, 0.15) is 0 Å². The second-order valence-corrected chi connectivity index (χ2v) is 5.17. The molecule has 1 fully saturated rings. The predicted molar refractivity (Wildman–Crippen MR) is 64.9 cm³/mol. The van der Waals surface area contributed by atoms with Gasteiger partial charge in [-0.2, -0.15) is 15.4 Å². The Morgan fingerprint density at radius 3 is 2.88 bits per heavy atom. The van der Waals surface area contributed by atoms with Gasteiger partial charge in [0, 0.05) is 5.88 Å². The van der Waals surface area contributed by atoms with Crippen LogP contribution in [0.5, 0.6) is 0 Å². The molecular formula is C11H17ClN4O. The fourth-order valence-corrected chi connectivity index (χ4v) is 2.56. The Labute approximate surface area is 105 Å². The lowest BCUT2D eigenvalue weighted by atomic mass is 9.78. The molecule has 1 aromatic rings. The number of halogens is 1.